The van der Waals surface area contributed by atoms with Gasteiger partial charge in [-0.3, -0.25) is 0 Å². The van der Waals surface area contributed by atoms with Gasteiger partial charge in [-0.15, -0.1) is 64.3 Å². The van der Waals surface area contributed by atoms with E-state index in [0.717, 1.165) is 50.3 Å². The molecule has 0 aromatic heterocycles. The van der Waals surface area contributed by atoms with Crippen LogP contribution in [0.4, 0.5) is 4.39 Å². The summed E-state index contributed by atoms with van der Waals surface area (Å²) >= 11 is 11.7. The molecule has 16 heteroatoms. The molecule has 4 N–H and O–H groups in total. The van der Waals surface area contributed by atoms with Crippen molar-refractivity contribution in [3.63, 3.8) is 0 Å². The summed E-state index contributed by atoms with van der Waals surface area (Å²) in [7, 11) is 0. The number of aliphatic hydroxyl groups is 4. The Morgan fingerprint density at radius 1 is 0.536 bits per heavy atom. The minimum atomic E-state index is -1.23. The smallest absolute Gasteiger partial charge is 0.154 e. The molecule has 4 heterocycles. The van der Waals surface area contributed by atoms with E-state index in [4.69, 9.17) is 30.5 Å². The number of hydrogen-bond acceptors (Lipinski definition) is 8. The third-order valence-electron chi connectivity index (χ3n) is 10.3. The maximum atomic E-state index is 13.2. The van der Waals surface area contributed by atoms with Gasteiger partial charge in [0.05, 0.1) is 81.3 Å². The highest BCUT2D eigenvalue weighted by molar-refractivity contribution is 14.1. The van der Waals surface area contributed by atoms with Gasteiger partial charge in [-0.2, -0.15) is 0 Å². The maximum absolute atomic E-state index is 13.2. The van der Waals surface area contributed by atoms with Gasteiger partial charge in [0.2, 0.25) is 0 Å². The van der Waals surface area contributed by atoms with E-state index in [1.807, 2.05) is 20.8 Å². The van der Waals surface area contributed by atoms with Crippen molar-refractivity contribution in [2.45, 2.75) is 147 Å². The van der Waals surface area contributed by atoms with Gasteiger partial charge in [0.25, 0.3) is 0 Å². The second-order valence-electron chi connectivity index (χ2n) is 19.1. The molecule has 8 nitrogen and oxygen atoms in total. The van der Waals surface area contributed by atoms with Crippen LogP contribution in [0.2, 0.25) is 0 Å². The first-order valence-corrected chi connectivity index (χ1v) is 34.7. The first-order valence-electron chi connectivity index (χ1n) is 19.8. The monoisotopic (exact) mass is 1070 g/mol. The van der Waals surface area contributed by atoms with Gasteiger partial charge in [-0.25, -0.2) is 4.39 Å². The number of rotatable bonds is 12. The van der Waals surface area contributed by atoms with E-state index in [1.165, 1.54) is 0 Å². The van der Waals surface area contributed by atoms with Gasteiger partial charge < -0.3 is 39.4 Å². The maximum Gasteiger partial charge on any atom is 0.154 e. The number of halogens is 4. The topological polar surface area (TPSA) is 118 Å². The summed E-state index contributed by atoms with van der Waals surface area (Å²) < 4.78 is 35.8. The largest absolute Gasteiger partial charge is 0.389 e. The summed E-state index contributed by atoms with van der Waals surface area (Å²) in [5.41, 5.74) is 0. The van der Waals surface area contributed by atoms with Crippen molar-refractivity contribution < 1.29 is 43.8 Å². The Balaban J connectivity index is 0.000000373. The second-order valence-corrected chi connectivity index (χ2v) is 39.3. The van der Waals surface area contributed by atoms with Crippen molar-refractivity contribution in [3.8, 4) is 0 Å². The summed E-state index contributed by atoms with van der Waals surface area (Å²) in [5.74, 6) is 0. The van der Waals surface area contributed by atoms with Gasteiger partial charge in [-0.05, 0) is 131 Å². The first-order chi connectivity index (χ1) is 25.2. The highest BCUT2D eigenvalue weighted by Gasteiger charge is 2.42. The molecule has 336 valence electrons. The molecule has 4 saturated heterocycles. The Bertz CT molecular complexity index is 1160. The molecule has 4 aliphatic rings. The summed E-state index contributed by atoms with van der Waals surface area (Å²) in [6, 6.07) is 0. The van der Waals surface area contributed by atoms with E-state index in [1.54, 1.807) is 6.92 Å². The molecule has 0 bridgehead atoms. The van der Waals surface area contributed by atoms with Crippen molar-refractivity contribution in [2.75, 3.05) is 78.0 Å². The number of ether oxygens (including phenoxy) is 4. The minimum Gasteiger partial charge on any atom is -0.389 e. The van der Waals surface area contributed by atoms with Crippen molar-refractivity contribution in [2.24, 2.45) is 0 Å². The van der Waals surface area contributed by atoms with E-state index >= 15 is 0 Å². The van der Waals surface area contributed by atoms with Gasteiger partial charge in [0.1, 0.15) is 6.10 Å². The normalized spacial score (nSPS) is 38.9. The van der Waals surface area contributed by atoms with E-state index in [-0.39, 0.29) is 69.1 Å². The van der Waals surface area contributed by atoms with E-state index < -0.39 is 52.0 Å². The summed E-state index contributed by atoms with van der Waals surface area (Å²) in [5, 5.41) is 38.7. The SMILES string of the molecule is C=P(C)(C)CCC1O[C@@H](C)C(Br)[C@@H]1O.C=P(C)(C)CCC1O[C@@H](C)C(Cl)[C@@H]1O.C=P(C)(C)CCC1O[C@@H](C)C(F)[C@@H]1O.C=P(C)(C)CCC1O[C@@H](C)C(I)[C@@H]1O. The van der Waals surface area contributed by atoms with Gasteiger partial charge >= 0.3 is 0 Å². The Hall–Kier alpha value is 2.31. The first kappa shape index (κ1) is 56.3. The lowest BCUT2D eigenvalue weighted by Crippen LogP contribution is -2.28. The van der Waals surface area contributed by atoms with Crippen LogP contribution in [-0.2, 0) is 18.9 Å². The zero-order chi connectivity index (χ0) is 43.7. The molecule has 0 amide bonds. The van der Waals surface area contributed by atoms with Gasteiger partial charge in [-0.1, -0.05) is 38.5 Å². The van der Waals surface area contributed by atoms with Crippen LogP contribution in [0, 0.1) is 0 Å². The van der Waals surface area contributed by atoms with Crippen LogP contribution in [0.5, 0.6) is 0 Å². The predicted molar refractivity (Wildman–Crippen MR) is 268 cm³/mol. The molecular weight excluding hydrogens is 994 g/mol. The molecule has 4 rings (SSSR count). The Kier molecular flexibility index (Phi) is 24.5. The summed E-state index contributed by atoms with van der Waals surface area (Å²) in [6.07, 6.45) is 20.2. The molecule has 0 aromatic rings. The highest BCUT2D eigenvalue weighted by atomic mass is 127. The number of aliphatic hydroxyl groups excluding tert-OH is 4. The Morgan fingerprint density at radius 3 is 1.09 bits per heavy atom. The van der Waals surface area contributed by atoms with Crippen LogP contribution >= 0.6 is 77.7 Å². The van der Waals surface area contributed by atoms with Crippen LogP contribution in [0.1, 0.15) is 53.4 Å². The van der Waals surface area contributed by atoms with Crippen LogP contribution in [0.15, 0.2) is 0 Å². The van der Waals surface area contributed by atoms with Gasteiger partial charge in [0, 0.05) is 0 Å². The standard InChI is InChI=1S/C10H20BrO2P.C10H20ClO2P.C10H20FO2P.C10H20IO2P/c4*1-7-9(11)10(12)8(13-7)5-6-14(2,3)4/h4*7-10,12H,2,5-6H2,1,3-4H3/t4*7-,8?,9?,10+/m0000/s1. The zero-order valence-corrected chi connectivity index (χ0v) is 44.5. The van der Waals surface area contributed by atoms with E-state index in [9.17, 15) is 24.8 Å². The number of alkyl halides is 4. The fourth-order valence-corrected chi connectivity index (χ4v) is 11.7. The van der Waals surface area contributed by atoms with Crippen LogP contribution in [0.3, 0.4) is 0 Å². The fraction of sp³-hybridized carbons (Fsp3) is 0.900. The zero-order valence-electron chi connectivity index (χ0n) is 36.4. The van der Waals surface area contributed by atoms with Crippen molar-refractivity contribution in [1.29, 1.82) is 0 Å². The van der Waals surface area contributed by atoms with Gasteiger partial charge in [0.15, 0.2) is 6.17 Å². The van der Waals surface area contributed by atoms with E-state index in [0.29, 0.717) is 0 Å². The fourth-order valence-electron chi connectivity index (χ4n) is 6.52. The molecule has 0 aromatic carbocycles. The van der Waals surface area contributed by atoms with Crippen LogP contribution < -0.4 is 0 Å². The molecule has 0 spiro atoms. The van der Waals surface area contributed by atoms with Crippen LogP contribution in [0.25, 0.3) is 0 Å². The molecule has 4 aliphatic heterocycles. The lowest BCUT2D eigenvalue weighted by atomic mass is 10.1. The Labute approximate surface area is 369 Å². The molecule has 56 heavy (non-hydrogen) atoms. The molecule has 0 aliphatic carbocycles. The number of hydrogen-bond donors (Lipinski definition) is 4. The lowest BCUT2D eigenvalue weighted by molar-refractivity contribution is 0.0150. The second kappa shape index (κ2) is 24.4. The molecule has 16 atom stereocenters. The quantitative estimate of drug-likeness (QED) is 0.0906. The summed E-state index contributed by atoms with van der Waals surface area (Å²) in [6.45, 7) is 21.0. The van der Waals surface area contributed by atoms with Crippen molar-refractivity contribution in [1.82, 2.24) is 0 Å². The molecule has 0 radical (unpaired) electrons. The van der Waals surface area contributed by atoms with E-state index in [2.05, 4.69) is 117 Å². The molecular formula is C40H80BrClFIO8P4. The minimum absolute atomic E-state index is 0.00426. The molecule has 8 unspecified atom stereocenters. The Morgan fingerprint density at radius 2 is 0.839 bits per heavy atom. The highest BCUT2D eigenvalue weighted by Crippen LogP contribution is 2.41. The molecule has 4 fully saturated rings. The third-order valence-corrected chi connectivity index (χ3v) is 19.8. The predicted octanol–water partition coefficient (Wildman–Crippen LogP) is 7.45. The average molecular weight is 1070 g/mol. The average Bonchev–Trinajstić information content (AvgIpc) is 3.66. The third kappa shape index (κ3) is 21.1. The van der Waals surface area contributed by atoms with Crippen LogP contribution in [-0.4, -0.2) is 217 Å². The van der Waals surface area contributed by atoms with Crippen molar-refractivity contribution in [3.05, 3.63) is 0 Å². The van der Waals surface area contributed by atoms with Crippen molar-refractivity contribution >= 4 is 103 Å². The summed E-state index contributed by atoms with van der Waals surface area (Å²) in [4.78, 5) is 0.0822. The molecule has 0 saturated carbocycles. The lowest BCUT2D eigenvalue weighted by Gasteiger charge is -2.18.